The Balaban J connectivity index is 1.83. The van der Waals surface area contributed by atoms with Crippen LogP contribution in [-0.2, 0) is 32.6 Å². The average Bonchev–Trinajstić information content (AvgIpc) is 2.98. The van der Waals surface area contributed by atoms with Gasteiger partial charge < -0.3 is 10.2 Å². The van der Waals surface area contributed by atoms with Crippen LogP contribution in [0.1, 0.15) is 43.0 Å². The largest absolute Gasteiger partial charge is 0.350 e. The number of hydrogen-bond donors (Lipinski definition) is 1. The van der Waals surface area contributed by atoms with E-state index in [1.165, 1.54) is 29.2 Å². The van der Waals surface area contributed by atoms with Crippen molar-refractivity contribution in [1.82, 2.24) is 10.2 Å². The molecule has 0 aliphatic carbocycles. The predicted octanol–water partition coefficient (Wildman–Crippen LogP) is 6.71. The highest BCUT2D eigenvalue weighted by molar-refractivity contribution is 7.92. The van der Waals surface area contributed by atoms with Gasteiger partial charge >= 0.3 is 0 Å². The Morgan fingerprint density at radius 2 is 1.44 bits per heavy atom. The average molecular weight is 646 g/mol. The van der Waals surface area contributed by atoms with E-state index in [1.54, 1.807) is 25.1 Å². The second-order valence-electron chi connectivity index (χ2n) is 12.2. The van der Waals surface area contributed by atoms with Gasteiger partial charge in [-0.15, -0.1) is 0 Å². The minimum atomic E-state index is -4.21. The lowest BCUT2D eigenvalue weighted by atomic mass is 10.0. The van der Waals surface area contributed by atoms with Gasteiger partial charge in [0.2, 0.25) is 11.8 Å². The molecule has 7 nitrogen and oxygen atoms in total. The molecule has 1 atom stereocenters. The van der Waals surface area contributed by atoms with Crippen LogP contribution in [0.5, 0.6) is 0 Å². The summed E-state index contributed by atoms with van der Waals surface area (Å²) < 4.78 is 29.5. The van der Waals surface area contributed by atoms with Crippen LogP contribution in [0, 0.1) is 13.8 Å². The molecule has 0 radical (unpaired) electrons. The fourth-order valence-corrected chi connectivity index (χ4v) is 6.71. The Morgan fingerprint density at radius 1 is 0.822 bits per heavy atom. The number of nitrogens with one attached hydrogen (secondary N) is 1. The topological polar surface area (TPSA) is 86.8 Å². The Morgan fingerprint density at radius 3 is 2.07 bits per heavy atom. The molecule has 4 aromatic rings. The van der Waals surface area contributed by atoms with Crippen molar-refractivity contribution in [2.24, 2.45) is 0 Å². The third-order valence-electron chi connectivity index (χ3n) is 7.27. The van der Waals surface area contributed by atoms with Gasteiger partial charge in [0.25, 0.3) is 10.0 Å². The zero-order valence-corrected chi connectivity index (χ0v) is 27.9. The number of sulfonamides is 1. The number of amides is 2. The van der Waals surface area contributed by atoms with Gasteiger partial charge in [-0.1, -0.05) is 90.0 Å². The number of para-hydroxylation sites is 1. The van der Waals surface area contributed by atoms with Crippen molar-refractivity contribution >= 4 is 39.1 Å². The van der Waals surface area contributed by atoms with Gasteiger partial charge in [0.1, 0.15) is 12.6 Å². The van der Waals surface area contributed by atoms with Gasteiger partial charge in [-0.05, 0) is 81.6 Å². The minimum Gasteiger partial charge on any atom is -0.350 e. The van der Waals surface area contributed by atoms with Crippen molar-refractivity contribution in [1.29, 1.82) is 0 Å². The second-order valence-corrected chi connectivity index (χ2v) is 14.5. The van der Waals surface area contributed by atoms with Crippen molar-refractivity contribution in [3.8, 4) is 0 Å². The van der Waals surface area contributed by atoms with E-state index >= 15 is 0 Å². The van der Waals surface area contributed by atoms with Gasteiger partial charge in [-0.2, -0.15) is 0 Å². The fourth-order valence-electron chi connectivity index (χ4n) is 5.10. The number of benzene rings is 4. The van der Waals surface area contributed by atoms with Crippen LogP contribution in [0.3, 0.4) is 0 Å². The first kappa shape index (κ1) is 33.7. The summed E-state index contributed by atoms with van der Waals surface area (Å²) in [4.78, 5) is 30.1. The Labute approximate surface area is 271 Å². The van der Waals surface area contributed by atoms with E-state index < -0.39 is 34.1 Å². The lowest BCUT2D eigenvalue weighted by molar-refractivity contribution is -0.140. The molecule has 1 N–H and O–H groups in total. The molecule has 4 rings (SSSR count). The van der Waals surface area contributed by atoms with E-state index in [1.807, 2.05) is 88.4 Å². The maximum Gasteiger partial charge on any atom is 0.264 e. The first-order chi connectivity index (χ1) is 21.2. The molecule has 0 heterocycles. The number of nitrogens with zero attached hydrogens (tertiary/aromatic N) is 2. The van der Waals surface area contributed by atoms with Crippen LogP contribution in [0.4, 0.5) is 5.69 Å². The maximum atomic E-state index is 14.6. The highest BCUT2D eigenvalue weighted by Crippen LogP contribution is 2.28. The molecule has 9 heteroatoms. The van der Waals surface area contributed by atoms with E-state index in [0.717, 1.165) is 21.0 Å². The third-order valence-corrected chi connectivity index (χ3v) is 9.30. The summed E-state index contributed by atoms with van der Waals surface area (Å²) in [6.45, 7) is 9.00. The molecule has 4 aromatic carbocycles. The Hall–Kier alpha value is -4.14. The van der Waals surface area contributed by atoms with Crippen LogP contribution in [0.25, 0.3) is 0 Å². The summed E-state index contributed by atoms with van der Waals surface area (Å²) in [6, 6.07) is 29.2. The van der Waals surface area contributed by atoms with Crippen molar-refractivity contribution in [3.05, 3.63) is 130 Å². The summed E-state index contributed by atoms with van der Waals surface area (Å²) in [5, 5.41) is 3.44. The van der Waals surface area contributed by atoms with E-state index in [9.17, 15) is 18.0 Å². The number of anilines is 1. The van der Waals surface area contributed by atoms with E-state index in [-0.39, 0.29) is 23.8 Å². The predicted molar refractivity (Wildman–Crippen MR) is 181 cm³/mol. The van der Waals surface area contributed by atoms with Crippen LogP contribution < -0.4 is 9.62 Å². The summed E-state index contributed by atoms with van der Waals surface area (Å²) in [6.07, 6.45) is 0.245. The zero-order chi connectivity index (χ0) is 32.8. The highest BCUT2D eigenvalue weighted by Gasteiger charge is 2.36. The van der Waals surface area contributed by atoms with Crippen LogP contribution >= 0.6 is 11.6 Å². The number of hydrogen-bond acceptors (Lipinski definition) is 4. The van der Waals surface area contributed by atoms with Crippen molar-refractivity contribution in [3.63, 3.8) is 0 Å². The highest BCUT2D eigenvalue weighted by atomic mass is 35.5. The molecule has 0 bridgehead atoms. The standard InChI is InChI=1S/C36H40ClN3O4S/c1-26-12-11-16-29(22-26)24-39(33(35(42)38-36(3,4)5)23-28-14-7-6-8-15-28)34(41)25-40(32-17-10-9-13-27(32)2)45(43,44)31-20-18-30(37)19-21-31/h6-22,33H,23-25H2,1-5H3,(H,38,42)/t33-/m0/s1. The first-order valence-corrected chi connectivity index (χ1v) is 16.6. The molecule has 0 unspecified atom stereocenters. The minimum absolute atomic E-state index is 0.000464. The van der Waals surface area contributed by atoms with Crippen molar-refractivity contribution < 1.29 is 18.0 Å². The number of rotatable bonds is 11. The monoisotopic (exact) mass is 645 g/mol. The second kappa shape index (κ2) is 14.3. The van der Waals surface area contributed by atoms with Gasteiger partial charge in [0.15, 0.2) is 0 Å². The van der Waals surface area contributed by atoms with Gasteiger partial charge in [-0.25, -0.2) is 8.42 Å². The molecular formula is C36H40ClN3O4S. The van der Waals surface area contributed by atoms with Crippen LogP contribution in [0.15, 0.2) is 108 Å². The molecule has 0 aromatic heterocycles. The third kappa shape index (κ3) is 8.96. The van der Waals surface area contributed by atoms with Crippen LogP contribution in [0.2, 0.25) is 5.02 Å². The van der Waals surface area contributed by atoms with Crippen LogP contribution in [-0.4, -0.2) is 43.3 Å². The van der Waals surface area contributed by atoms with E-state index in [2.05, 4.69) is 5.32 Å². The smallest absolute Gasteiger partial charge is 0.264 e. The maximum absolute atomic E-state index is 14.6. The van der Waals surface area contributed by atoms with Gasteiger partial charge in [0, 0.05) is 23.5 Å². The fraction of sp³-hybridized carbons (Fsp3) is 0.278. The molecule has 45 heavy (non-hydrogen) atoms. The molecular weight excluding hydrogens is 606 g/mol. The summed E-state index contributed by atoms with van der Waals surface area (Å²) in [7, 11) is -4.21. The van der Waals surface area contributed by atoms with Crippen molar-refractivity contribution in [2.75, 3.05) is 10.8 Å². The molecule has 0 spiro atoms. The molecule has 0 aliphatic rings. The molecule has 0 saturated carbocycles. The quantitative estimate of drug-likeness (QED) is 0.197. The summed E-state index contributed by atoms with van der Waals surface area (Å²) in [5.41, 5.74) is 3.20. The lowest BCUT2D eigenvalue weighted by Crippen LogP contribution is -2.56. The number of carbonyl (C=O) groups excluding carboxylic acids is 2. The van der Waals surface area contributed by atoms with Gasteiger partial charge in [0.05, 0.1) is 10.6 Å². The Kier molecular flexibility index (Phi) is 10.7. The zero-order valence-electron chi connectivity index (χ0n) is 26.3. The molecule has 236 valence electrons. The van der Waals surface area contributed by atoms with Crippen molar-refractivity contribution in [2.45, 2.75) is 64.1 Å². The van der Waals surface area contributed by atoms with Gasteiger partial charge in [-0.3, -0.25) is 13.9 Å². The normalized spacial score (nSPS) is 12.3. The molecule has 0 fully saturated rings. The lowest BCUT2D eigenvalue weighted by Gasteiger charge is -2.35. The number of aryl methyl sites for hydroxylation is 2. The van der Waals surface area contributed by atoms with E-state index in [4.69, 9.17) is 11.6 Å². The molecule has 0 aliphatic heterocycles. The number of halogens is 1. The number of carbonyl (C=O) groups is 2. The SMILES string of the molecule is Cc1cccc(CN(C(=O)CN(c2ccccc2C)S(=O)(=O)c2ccc(Cl)cc2)[C@@H](Cc2ccccc2)C(=O)NC(C)(C)C)c1. The first-order valence-electron chi connectivity index (χ1n) is 14.8. The summed E-state index contributed by atoms with van der Waals surface area (Å²) in [5.74, 6) is -0.836. The Bertz CT molecular complexity index is 1740. The summed E-state index contributed by atoms with van der Waals surface area (Å²) >= 11 is 6.07. The molecule has 0 saturated heterocycles. The molecule has 2 amide bonds. The van der Waals surface area contributed by atoms with E-state index in [0.29, 0.717) is 16.3 Å².